The Balaban J connectivity index is 1.92. The van der Waals surface area contributed by atoms with Gasteiger partial charge < -0.3 is 5.32 Å². The summed E-state index contributed by atoms with van der Waals surface area (Å²) < 4.78 is 1.81. The van der Waals surface area contributed by atoms with Gasteiger partial charge in [0.25, 0.3) is 5.69 Å². The summed E-state index contributed by atoms with van der Waals surface area (Å²) in [6.45, 7) is 3.70. The van der Waals surface area contributed by atoms with Gasteiger partial charge >= 0.3 is 0 Å². The van der Waals surface area contributed by atoms with Crippen molar-refractivity contribution in [1.29, 1.82) is 0 Å². The van der Waals surface area contributed by atoms with E-state index in [2.05, 4.69) is 34.6 Å². The van der Waals surface area contributed by atoms with Gasteiger partial charge in [-0.25, -0.2) is 0 Å². The predicted molar refractivity (Wildman–Crippen MR) is 106 cm³/mol. The van der Waals surface area contributed by atoms with Crippen LogP contribution in [0.1, 0.15) is 23.9 Å². The van der Waals surface area contributed by atoms with Crippen LogP contribution < -0.4 is 5.32 Å². The lowest BCUT2D eigenvalue weighted by molar-refractivity contribution is -0.384. The maximum atomic E-state index is 11.3. The van der Waals surface area contributed by atoms with Crippen LogP contribution in [-0.2, 0) is 17.1 Å². The second-order valence-corrected chi connectivity index (χ2v) is 7.08. The molecule has 1 heterocycles. The van der Waals surface area contributed by atoms with E-state index in [1.807, 2.05) is 16.7 Å². The van der Waals surface area contributed by atoms with Crippen LogP contribution >= 0.6 is 11.8 Å². The van der Waals surface area contributed by atoms with Crippen LogP contribution in [0.3, 0.4) is 0 Å². The van der Waals surface area contributed by atoms with Gasteiger partial charge in [-0.05, 0) is 30.2 Å². The smallest absolute Gasteiger partial charge is 0.269 e. The van der Waals surface area contributed by atoms with E-state index in [1.165, 1.54) is 41.9 Å². The average Bonchev–Trinajstić information content (AvgIpc) is 3.08. The molecule has 0 bridgehead atoms. The van der Waals surface area contributed by atoms with Crippen molar-refractivity contribution >= 4 is 23.4 Å². The molecule has 1 aromatic heterocycles. The van der Waals surface area contributed by atoms with Crippen LogP contribution in [0.2, 0.25) is 0 Å². The Bertz CT molecular complexity index is 1000. The Morgan fingerprint density at radius 1 is 1.18 bits per heavy atom. The minimum atomic E-state index is -0.442. The van der Waals surface area contributed by atoms with Crippen molar-refractivity contribution in [2.45, 2.75) is 31.3 Å². The van der Waals surface area contributed by atoms with Crippen molar-refractivity contribution in [1.82, 2.24) is 20.1 Å². The number of nitro benzene ring substituents is 1. The maximum absolute atomic E-state index is 11.3. The summed E-state index contributed by atoms with van der Waals surface area (Å²) in [5, 5.41) is 22.8. The standard InChI is InChI=1S/C19H19N5O3S/c1-13-5-3-4-6-15(13)12-28-19-22-21-18(11-20-14(2)25)23(19)16-7-9-17(10-8-16)24(26)27/h3-10H,11-12H2,1-2H3,(H,20,25). The molecule has 3 rings (SSSR count). The lowest BCUT2D eigenvalue weighted by Crippen LogP contribution is -2.21. The van der Waals surface area contributed by atoms with E-state index in [4.69, 9.17) is 0 Å². The predicted octanol–water partition coefficient (Wildman–Crippen LogP) is 3.41. The molecule has 144 valence electrons. The number of aryl methyl sites for hydroxylation is 1. The Morgan fingerprint density at radius 2 is 1.89 bits per heavy atom. The number of amides is 1. The molecule has 8 nitrogen and oxygen atoms in total. The third-order valence-electron chi connectivity index (χ3n) is 4.13. The SMILES string of the molecule is CC(=O)NCc1nnc(SCc2ccccc2C)n1-c1ccc([N+](=O)[O-])cc1. The number of hydrogen-bond acceptors (Lipinski definition) is 6. The molecule has 3 aromatic rings. The fourth-order valence-corrected chi connectivity index (χ4v) is 3.66. The van der Waals surface area contributed by atoms with E-state index in [9.17, 15) is 14.9 Å². The van der Waals surface area contributed by atoms with Gasteiger partial charge in [-0.15, -0.1) is 10.2 Å². The highest BCUT2D eigenvalue weighted by Crippen LogP contribution is 2.27. The van der Waals surface area contributed by atoms with E-state index >= 15 is 0 Å². The van der Waals surface area contributed by atoms with Gasteiger partial charge in [-0.2, -0.15) is 0 Å². The van der Waals surface area contributed by atoms with Crippen LogP contribution in [0, 0.1) is 17.0 Å². The monoisotopic (exact) mass is 397 g/mol. The topological polar surface area (TPSA) is 103 Å². The fraction of sp³-hybridized carbons (Fsp3) is 0.211. The first kappa shape index (κ1) is 19.6. The molecule has 0 aliphatic carbocycles. The summed E-state index contributed by atoms with van der Waals surface area (Å²) in [5.74, 6) is 1.08. The average molecular weight is 397 g/mol. The number of thioether (sulfide) groups is 1. The second kappa shape index (κ2) is 8.66. The molecule has 28 heavy (non-hydrogen) atoms. The third kappa shape index (κ3) is 4.55. The molecular formula is C19H19N5O3S. The summed E-state index contributed by atoms with van der Waals surface area (Å²) in [4.78, 5) is 21.8. The lowest BCUT2D eigenvalue weighted by atomic mass is 10.1. The zero-order valence-electron chi connectivity index (χ0n) is 15.5. The summed E-state index contributed by atoms with van der Waals surface area (Å²) in [6, 6.07) is 14.3. The first-order valence-electron chi connectivity index (χ1n) is 8.56. The molecule has 0 unspecified atom stereocenters. The number of carbonyl (C=O) groups is 1. The summed E-state index contributed by atoms with van der Waals surface area (Å²) in [5.41, 5.74) is 3.08. The molecule has 0 saturated carbocycles. The van der Waals surface area contributed by atoms with Crippen molar-refractivity contribution < 1.29 is 9.72 Å². The molecule has 9 heteroatoms. The van der Waals surface area contributed by atoms with Crippen LogP contribution in [-0.4, -0.2) is 25.6 Å². The number of rotatable bonds is 7. The van der Waals surface area contributed by atoms with Gasteiger partial charge in [0.2, 0.25) is 5.91 Å². The van der Waals surface area contributed by atoms with E-state index in [0.29, 0.717) is 22.4 Å². The molecule has 0 aliphatic heterocycles. The normalized spacial score (nSPS) is 10.6. The van der Waals surface area contributed by atoms with Gasteiger partial charge in [-0.3, -0.25) is 19.5 Å². The third-order valence-corrected chi connectivity index (χ3v) is 5.11. The number of carbonyl (C=O) groups excluding carboxylic acids is 1. The van der Waals surface area contributed by atoms with Gasteiger partial charge in [0, 0.05) is 30.5 Å². The Labute approximate surface area is 166 Å². The minimum Gasteiger partial charge on any atom is -0.349 e. The molecule has 0 fully saturated rings. The molecule has 0 saturated heterocycles. The minimum absolute atomic E-state index is 0.00866. The Kier molecular flexibility index (Phi) is 6.05. The van der Waals surface area contributed by atoms with Crippen molar-refractivity contribution in [2.24, 2.45) is 0 Å². The zero-order chi connectivity index (χ0) is 20.1. The molecular weight excluding hydrogens is 378 g/mol. The first-order chi connectivity index (χ1) is 13.5. The van der Waals surface area contributed by atoms with E-state index in [0.717, 1.165) is 0 Å². The summed E-state index contributed by atoms with van der Waals surface area (Å²) in [7, 11) is 0. The van der Waals surface area contributed by atoms with Crippen LogP contribution in [0.25, 0.3) is 5.69 Å². The van der Waals surface area contributed by atoms with Gasteiger partial charge in [0.15, 0.2) is 11.0 Å². The number of nitrogens with one attached hydrogen (secondary N) is 1. The highest BCUT2D eigenvalue weighted by atomic mass is 32.2. The number of non-ortho nitro benzene ring substituents is 1. The van der Waals surface area contributed by atoms with Gasteiger partial charge in [0.05, 0.1) is 11.5 Å². The van der Waals surface area contributed by atoms with Crippen LogP contribution in [0.4, 0.5) is 5.69 Å². The van der Waals surface area contributed by atoms with Crippen LogP contribution in [0.5, 0.6) is 0 Å². The van der Waals surface area contributed by atoms with Crippen molar-refractivity contribution in [3.63, 3.8) is 0 Å². The van der Waals surface area contributed by atoms with Crippen molar-refractivity contribution in [3.8, 4) is 5.69 Å². The molecule has 2 aromatic carbocycles. The lowest BCUT2D eigenvalue weighted by Gasteiger charge is -2.11. The number of benzene rings is 2. The summed E-state index contributed by atoms with van der Waals surface area (Å²) >= 11 is 1.52. The first-order valence-corrected chi connectivity index (χ1v) is 9.55. The maximum Gasteiger partial charge on any atom is 0.269 e. The van der Waals surface area contributed by atoms with E-state index in [-0.39, 0.29) is 18.1 Å². The number of nitro groups is 1. The van der Waals surface area contributed by atoms with E-state index < -0.39 is 4.92 Å². The largest absolute Gasteiger partial charge is 0.349 e. The summed E-state index contributed by atoms with van der Waals surface area (Å²) in [6.07, 6.45) is 0. The molecule has 0 atom stereocenters. The highest BCUT2D eigenvalue weighted by molar-refractivity contribution is 7.98. The number of aromatic nitrogens is 3. The molecule has 1 N–H and O–H groups in total. The van der Waals surface area contributed by atoms with Crippen molar-refractivity contribution in [3.05, 3.63) is 75.6 Å². The zero-order valence-corrected chi connectivity index (χ0v) is 16.3. The fourth-order valence-electron chi connectivity index (χ4n) is 2.61. The Morgan fingerprint density at radius 3 is 2.54 bits per heavy atom. The molecule has 0 radical (unpaired) electrons. The van der Waals surface area contributed by atoms with Crippen molar-refractivity contribution in [2.75, 3.05) is 0 Å². The van der Waals surface area contributed by atoms with Gasteiger partial charge in [0.1, 0.15) is 0 Å². The molecule has 0 spiro atoms. The number of hydrogen-bond donors (Lipinski definition) is 1. The second-order valence-electron chi connectivity index (χ2n) is 6.13. The van der Waals surface area contributed by atoms with Crippen LogP contribution in [0.15, 0.2) is 53.7 Å². The Hall–Kier alpha value is -3.20. The quantitative estimate of drug-likeness (QED) is 0.372. The highest BCUT2D eigenvalue weighted by Gasteiger charge is 2.16. The molecule has 1 amide bonds. The van der Waals surface area contributed by atoms with E-state index in [1.54, 1.807) is 12.1 Å². The number of nitrogens with zero attached hydrogens (tertiary/aromatic N) is 4. The molecule has 0 aliphatic rings. The van der Waals surface area contributed by atoms with Gasteiger partial charge in [-0.1, -0.05) is 36.0 Å².